The van der Waals surface area contributed by atoms with Crippen molar-refractivity contribution in [2.75, 3.05) is 4.90 Å². The monoisotopic (exact) mass is 1030 g/mol. The summed E-state index contributed by atoms with van der Waals surface area (Å²) in [5.41, 5.74) is 31.1. The highest BCUT2D eigenvalue weighted by molar-refractivity contribution is 6.22. The highest BCUT2D eigenvalue weighted by Gasteiger charge is 2.49. The average molecular weight is 1030 g/mol. The van der Waals surface area contributed by atoms with Gasteiger partial charge in [0, 0.05) is 71.4 Å². The molecule has 0 bridgehead atoms. The molecule has 0 saturated carbocycles. The van der Waals surface area contributed by atoms with Gasteiger partial charge in [-0.15, -0.1) is 0 Å². The van der Waals surface area contributed by atoms with E-state index in [1.54, 1.807) is 0 Å². The Morgan fingerprint density at radius 2 is 0.825 bits per heavy atom. The van der Waals surface area contributed by atoms with Crippen LogP contribution in [0, 0.1) is 13.8 Å². The van der Waals surface area contributed by atoms with Gasteiger partial charge in [-0.2, -0.15) is 0 Å². The number of nitrogens with zero attached hydrogens (tertiary/aromatic N) is 1. The zero-order valence-corrected chi connectivity index (χ0v) is 46.5. The van der Waals surface area contributed by atoms with Gasteiger partial charge >= 0.3 is 0 Å². The molecular formula is C77H59NO2. The molecule has 0 amide bonds. The van der Waals surface area contributed by atoms with Crippen LogP contribution in [0.4, 0.5) is 17.1 Å². The molecule has 0 spiro atoms. The predicted octanol–water partition coefficient (Wildman–Crippen LogP) is 21.5. The number of fused-ring (bicyclic) bond motifs is 19. The molecule has 2 aromatic heterocycles. The van der Waals surface area contributed by atoms with Crippen LogP contribution >= 0.6 is 0 Å². The van der Waals surface area contributed by atoms with Crippen molar-refractivity contribution in [1.82, 2.24) is 0 Å². The van der Waals surface area contributed by atoms with Crippen LogP contribution < -0.4 is 4.90 Å². The fourth-order valence-electron chi connectivity index (χ4n) is 15.1. The molecule has 0 aliphatic heterocycles. The van der Waals surface area contributed by atoms with E-state index in [-0.39, 0.29) is 10.8 Å². The van der Waals surface area contributed by atoms with E-state index in [0.717, 1.165) is 78.0 Å². The zero-order chi connectivity index (χ0) is 54.1. The lowest BCUT2D eigenvalue weighted by molar-refractivity contribution is 0.600. The largest absolute Gasteiger partial charge is 0.455 e. The molecule has 0 N–H and O–H groups in total. The van der Waals surface area contributed by atoms with Gasteiger partial charge in [-0.1, -0.05) is 217 Å². The smallest absolute Gasteiger partial charge is 0.144 e. The van der Waals surface area contributed by atoms with Crippen LogP contribution in [0.2, 0.25) is 0 Å². The summed E-state index contributed by atoms with van der Waals surface area (Å²) < 4.78 is 14.1. The standard InChI is InChI=1S/C77H59NO2/c1-44-34-37-50(45(2)40-44)58-43-62-65(67-56-27-16-19-32-63(56)79-73(58)67)54-38-35-48(41-60(54)75(62,3)4)78(72-51(46-22-11-9-12-23-46)29-21-30-52(72)47-24-13-10-14-25-47)49-36-39-55-61(42-49)77(7,8)70-66(55)68-57-28-17-20-33-64(57)80-74(68)69-53-26-15-18-31-59(53)76(5,6)71(69)70/h9-43H,1-8H3. The summed E-state index contributed by atoms with van der Waals surface area (Å²) >= 11 is 0. The minimum atomic E-state index is -0.392. The van der Waals surface area contributed by atoms with E-state index in [1.807, 2.05) is 0 Å². The van der Waals surface area contributed by atoms with Crippen LogP contribution in [0.1, 0.15) is 86.1 Å². The molecule has 0 atom stereocenters. The minimum absolute atomic E-state index is 0.264. The maximum atomic E-state index is 7.08. The van der Waals surface area contributed by atoms with Crippen molar-refractivity contribution in [3.63, 3.8) is 0 Å². The summed E-state index contributed by atoms with van der Waals surface area (Å²) in [5.74, 6) is 0. The molecule has 13 aromatic rings. The number of rotatable bonds is 6. The first-order valence-electron chi connectivity index (χ1n) is 28.3. The first-order chi connectivity index (χ1) is 38.8. The van der Waals surface area contributed by atoms with E-state index >= 15 is 0 Å². The number of benzene rings is 11. The average Bonchev–Trinajstić information content (AvgIpc) is 4.43. The van der Waals surface area contributed by atoms with Crippen molar-refractivity contribution < 1.29 is 8.83 Å². The Kier molecular flexibility index (Phi) is 9.63. The molecule has 16 rings (SSSR count). The summed E-state index contributed by atoms with van der Waals surface area (Å²) in [6.45, 7) is 19.0. The molecule has 80 heavy (non-hydrogen) atoms. The Morgan fingerprint density at radius 3 is 1.46 bits per heavy atom. The van der Waals surface area contributed by atoms with Gasteiger partial charge in [-0.3, -0.25) is 0 Å². The summed E-state index contributed by atoms with van der Waals surface area (Å²) in [7, 11) is 0. The molecule has 3 aliphatic rings. The Balaban J connectivity index is 0.974. The number of hydrogen-bond donors (Lipinski definition) is 0. The first-order valence-corrected chi connectivity index (χ1v) is 28.3. The second-order valence-electron chi connectivity index (χ2n) is 24.4. The molecule has 3 aliphatic carbocycles. The topological polar surface area (TPSA) is 29.5 Å². The van der Waals surface area contributed by atoms with E-state index in [2.05, 4.69) is 273 Å². The molecule has 0 fully saturated rings. The molecule has 3 heteroatoms. The van der Waals surface area contributed by atoms with Crippen LogP contribution in [0.25, 0.3) is 111 Å². The van der Waals surface area contributed by atoms with Gasteiger partial charge in [-0.05, 0) is 140 Å². The lowest BCUT2D eigenvalue weighted by Gasteiger charge is -2.33. The molecular weight excluding hydrogens is 971 g/mol. The number of furan rings is 2. The quantitative estimate of drug-likeness (QED) is 0.166. The molecule has 0 unspecified atom stereocenters. The summed E-state index contributed by atoms with van der Waals surface area (Å²) in [6, 6.07) is 78.9. The molecule has 0 saturated heterocycles. The lowest BCUT2D eigenvalue weighted by Crippen LogP contribution is -2.24. The van der Waals surface area contributed by atoms with E-state index in [4.69, 9.17) is 8.83 Å². The number of anilines is 3. The Morgan fingerprint density at radius 1 is 0.338 bits per heavy atom. The van der Waals surface area contributed by atoms with Gasteiger partial charge in [0.2, 0.25) is 0 Å². The lowest BCUT2D eigenvalue weighted by atomic mass is 9.72. The Bertz CT molecular complexity index is 4750. The Labute approximate surface area is 467 Å². The second kappa shape index (κ2) is 16.4. The molecule has 11 aromatic carbocycles. The van der Waals surface area contributed by atoms with Gasteiger partial charge in [0.15, 0.2) is 0 Å². The van der Waals surface area contributed by atoms with E-state index in [1.165, 1.54) is 94.2 Å². The van der Waals surface area contributed by atoms with Crippen LogP contribution in [-0.2, 0) is 16.2 Å². The van der Waals surface area contributed by atoms with Gasteiger partial charge in [0.25, 0.3) is 0 Å². The van der Waals surface area contributed by atoms with Crippen molar-refractivity contribution in [1.29, 1.82) is 0 Å². The first kappa shape index (κ1) is 46.9. The van der Waals surface area contributed by atoms with Gasteiger partial charge in [0.05, 0.1) is 5.69 Å². The number of para-hydroxylation sites is 3. The summed E-state index contributed by atoms with van der Waals surface area (Å²) in [4.78, 5) is 2.58. The maximum absolute atomic E-state index is 7.08. The van der Waals surface area contributed by atoms with Crippen LogP contribution in [0.3, 0.4) is 0 Å². The third kappa shape index (κ3) is 6.26. The third-order valence-corrected chi connectivity index (χ3v) is 18.8. The minimum Gasteiger partial charge on any atom is -0.455 e. The van der Waals surface area contributed by atoms with Crippen molar-refractivity contribution in [3.8, 4) is 66.8 Å². The fourth-order valence-corrected chi connectivity index (χ4v) is 15.1. The Hall–Kier alpha value is -9.18. The molecule has 0 radical (unpaired) electrons. The fraction of sp³-hybridized carbons (Fsp3) is 0.143. The number of hydrogen-bond acceptors (Lipinski definition) is 3. The number of aryl methyl sites for hydroxylation is 2. The highest BCUT2D eigenvalue weighted by atomic mass is 16.3. The van der Waals surface area contributed by atoms with Crippen molar-refractivity contribution >= 4 is 60.9 Å². The normalized spacial score (nSPS) is 14.8. The molecule has 3 nitrogen and oxygen atoms in total. The van der Waals surface area contributed by atoms with Gasteiger partial charge in [0.1, 0.15) is 22.3 Å². The van der Waals surface area contributed by atoms with Crippen LogP contribution in [-0.4, -0.2) is 0 Å². The summed E-state index contributed by atoms with van der Waals surface area (Å²) in [6.07, 6.45) is 0. The summed E-state index contributed by atoms with van der Waals surface area (Å²) in [5, 5.41) is 4.69. The SMILES string of the molecule is Cc1ccc(-c2cc3c(c4c2oc2ccccc24)-c2ccc(N(c4ccc5c(c4)C(C)(C)c4c6c(c7oc8ccccc8c7c4-5)-c4ccccc4C6(C)C)c4c(-c5ccccc5)cccc4-c4ccccc4)cc2C3(C)C)c(C)c1. The van der Waals surface area contributed by atoms with Crippen LogP contribution in [0.15, 0.2) is 221 Å². The van der Waals surface area contributed by atoms with Crippen molar-refractivity contribution in [2.45, 2.75) is 71.6 Å². The van der Waals surface area contributed by atoms with Gasteiger partial charge < -0.3 is 13.7 Å². The van der Waals surface area contributed by atoms with Crippen LogP contribution in [0.5, 0.6) is 0 Å². The van der Waals surface area contributed by atoms with E-state index < -0.39 is 5.41 Å². The highest BCUT2D eigenvalue weighted by Crippen LogP contribution is 2.64. The third-order valence-electron chi connectivity index (χ3n) is 18.8. The zero-order valence-electron chi connectivity index (χ0n) is 46.5. The van der Waals surface area contributed by atoms with Crippen molar-refractivity contribution in [3.05, 3.63) is 257 Å². The second-order valence-corrected chi connectivity index (χ2v) is 24.4. The van der Waals surface area contributed by atoms with Gasteiger partial charge in [-0.25, -0.2) is 0 Å². The molecule has 2 heterocycles. The molecule has 384 valence electrons. The maximum Gasteiger partial charge on any atom is 0.144 e. The predicted molar refractivity (Wildman–Crippen MR) is 334 cm³/mol. The van der Waals surface area contributed by atoms with Crippen molar-refractivity contribution in [2.24, 2.45) is 0 Å². The van der Waals surface area contributed by atoms with E-state index in [9.17, 15) is 0 Å². The van der Waals surface area contributed by atoms with E-state index in [0.29, 0.717) is 0 Å².